The molecule has 9 heteroatoms. The topological polar surface area (TPSA) is 102 Å². The number of nitriles is 2. The molecular weight excluding hydrogens is 1000 g/mol. The second-order valence-corrected chi connectivity index (χ2v) is 21.5. The van der Waals surface area contributed by atoms with Gasteiger partial charge in [0.2, 0.25) is 0 Å². The Bertz CT molecular complexity index is 5170. The number of benzene rings is 10. The van der Waals surface area contributed by atoms with Crippen molar-refractivity contribution in [1.29, 1.82) is 10.5 Å². The van der Waals surface area contributed by atoms with Crippen LogP contribution in [0.2, 0.25) is 0 Å². The van der Waals surface area contributed by atoms with Gasteiger partial charge in [-0.15, -0.1) is 0 Å². The molecule has 16 aromatic rings. The van der Waals surface area contributed by atoms with Crippen molar-refractivity contribution in [3.63, 3.8) is 0 Å². The average Bonchev–Trinajstić information content (AvgIpc) is 1.59. The van der Waals surface area contributed by atoms with Crippen LogP contribution in [0.3, 0.4) is 0 Å². The summed E-state index contributed by atoms with van der Waals surface area (Å²) in [6.07, 6.45) is 3.94. The SMILES string of the molecule is N#Cc1ccc2c(c1)c1ccccc1n2-c1cnc2c(c1)C1(c3ccc(-n4c5ccccc5c5ccccc54)cc3Oc3cc(-n4c5ccccc5c5ccccc54)ccc31)c1cc(-n3c4ccccc4c4cc(C#N)ccc43)cnc1-2. The summed E-state index contributed by atoms with van der Waals surface area (Å²) in [5.74, 6) is 1.42. The quantitative estimate of drug-likeness (QED) is 0.175. The van der Waals surface area contributed by atoms with Crippen molar-refractivity contribution in [3.05, 3.63) is 276 Å². The fourth-order valence-corrected chi connectivity index (χ4v) is 14.2. The van der Waals surface area contributed by atoms with E-state index in [1.165, 1.54) is 21.5 Å². The van der Waals surface area contributed by atoms with E-state index in [1.54, 1.807) is 0 Å². The molecule has 0 radical (unpaired) electrons. The minimum absolute atomic E-state index is 0.600. The lowest BCUT2D eigenvalue weighted by molar-refractivity contribution is 0.436. The Morgan fingerprint density at radius 1 is 0.305 bits per heavy atom. The summed E-state index contributed by atoms with van der Waals surface area (Å²) in [4.78, 5) is 11.1. The Kier molecular flexibility index (Phi) is 8.83. The average molecular weight is 1050 g/mol. The van der Waals surface area contributed by atoms with E-state index in [0.29, 0.717) is 22.6 Å². The van der Waals surface area contributed by atoms with E-state index < -0.39 is 5.41 Å². The monoisotopic (exact) mass is 1040 g/mol. The molecule has 1 aliphatic heterocycles. The maximum absolute atomic E-state index is 10.1. The van der Waals surface area contributed by atoms with Crippen LogP contribution >= 0.6 is 0 Å². The van der Waals surface area contributed by atoms with Crippen LogP contribution in [0.25, 0.3) is 121 Å². The first-order valence-electron chi connectivity index (χ1n) is 27.4. The van der Waals surface area contributed by atoms with E-state index in [-0.39, 0.29) is 0 Å². The Morgan fingerprint density at radius 2 is 0.622 bits per heavy atom. The van der Waals surface area contributed by atoms with Crippen LogP contribution < -0.4 is 4.74 Å². The molecule has 2 aliphatic rings. The highest BCUT2D eigenvalue weighted by molar-refractivity contribution is 6.13. The first kappa shape index (κ1) is 44.5. The van der Waals surface area contributed by atoms with Gasteiger partial charge >= 0.3 is 0 Å². The fourth-order valence-electron chi connectivity index (χ4n) is 14.2. The highest BCUT2D eigenvalue weighted by Gasteiger charge is 2.53. The van der Waals surface area contributed by atoms with E-state index >= 15 is 0 Å². The lowest BCUT2D eigenvalue weighted by atomic mass is 9.66. The highest BCUT2D eigenvalue weighted by atomic mass is 16.5. The number of aromatic nitrogens is 6. The van der Waals surface area contributed by atoms with Gasteiger partial charge in [-0.1, -0.05) is 121 Å². The van der Waals surface area contributed by atoms with Crippen molar-refractivity contribution in [1.82, 2.24) is 28.2 Å². The predicted octanol–water partition coefficient (Wildman–Crippen LogP) is 17.1. The summed E-state index contributed by atoms with van der Waals surface area (Å²) >= 11 is 0. The van der Waals surface area contributed by atoms with Gasteiger partial charge in [-0.2, -0.15) is 10.5 Å². The molecule has 10 aromatic carbocycles. The number of pyridine rings is 2. The van der Waals surface area contributed by atoms with Crippen LogP contribution in [-0.2, 0) is 5.41 Å². The number of rotatable bonds is 4. The molecule has 6 aromatic heterocycles. The molecule has 1 aliphatic carbocycles. The van der Waals surface area contributed by atoms with Crippen LogP contribution in [0.1, 0.15) is 33.4 Å². The molecule has 0 N–H and O–H groups in total. The molecule has 0 saturated carbocycles. The summed E-state index contributed by atoms with van der Waals surface area (Å²) in [5, 5.41) is 29.0. The van der Waals surface area contributed by atoms with Crippen molar-refractivity contribution < 1.29 is 4.74 Å². The van der Waals surface area contributed by atoms with E-state index in [4.69, 9.17) is 14.7 Å². The van der Waals surface area contributed by atoms with Crippen LogP contribution in [0.15, 0.2) is 243 Å². The van der Waals surface area contributed by atoms with Gasteiger partial charge in [-0.25, -0.2) is 0 Å². The molecule has 0 amide bonds. The van der Waals surface area contributed by atoms with Crippen molar-refractivity contribution >= 4 is 87.2 Å². The van der Waals surface area contributed by atoms with E-state index in [0.717, 1.165) is 122 Å². The standard InChI is InChI=1S/C73H40N8O/c74-39-43-25-31-67-55(33-43)53-17-5-11-23-65(53)80(67)47-35-59-71(76-41-47)72-60(36-48(42-77-72)81-66-24-12-6-18-54(66)56-34-44(40-75)26-32-68(56)81)73(59)57-29-27-45(78-61-19-7-1-13-49(61)50-14-2-8-20-62(50)78)37-69(57)82-70-38-46(28-30-58(70)73)79-63-21-9-3-15-51(63)52-16-4-10-22-64(52)79/h1-38,41-42H. The predicted molar refractivity (Wildman–Crippen MR) is 326 cm³/mol. The molecule has 7 heterocycles. The maximum atomic E-state index is 10.1. The number of para-hydroxylation sites is 6. The highest BCUT2D eigenvalue weighted by Crippen LogP contribution is 2.63. The van der Waals surface area contributed by atoms with Gasteiger partial charge in [0.05, 0.1) is 108 Å². The Labute approximate surface area is 467 Å². The molecule has 0 saturated heterocycles. The molecule has 378 valence electrons. The zero-order valence-corrected chi connectivity index (χ0v) is 43.6. The van der Waals surface area contributed by atoms with Crippen molar-refractivity contribution in [2.45, 2.75) is 5.41 Å². The molecule has 18 rings (SSSR count). The number of hydrogen-bond donors (Lipinski definition) is 0. The summed E-state index contributed by atoms with van der Waals surface area (Å²) in [6, 6.07) is 85.9. The smallest absolute Gasteiger partial charge is 0.134 e. The molecule has 0 fully saturated rings. The zero-order chi connectivity index (χ0) is 53.9. The molecular formula is C73H40N8O. The molecule has 0 atom stereocenters. The van der Waals surface area contributed by atoms with Gasteiger partial charge < -0.3 is 23.0 Å². The van der Waals surface area contributed by atoms with Gasteiger partial charge in [-0.3, -0.25) is 9.97 Å². The second kappa shape index (κ2) is 16.3. The Balaban J connectivity index is 0.969. The lowest BCUT2D eigenvalue weighted by Crippen LogP contribution is -2.32. The number of ether oxygens (including phenoxy) is 1. The lowest BCUT2D eigenvalue weighted by Gasteiger charge is -2.39. The first-order chi connectivity index (χ1) is 40.6. The van der Waals surface area contributed by atoms with Gasteiger partial charge in [0, 0.05) is 88.9 Å². The van der Waals surface area contributed by atoms with Crippen molar-refractivity contribution in [2.75, 3.05) is 0 Å². The fraction of sp³-hybridized carbons (Fsp3) is 0.0137. The van der Waals surface area contributed by atoms with Gasteiger partial charge in [0.15, 0.2) is 0 Å². The molecule has 1 spiro atoms. The van der Waals surface area contributed by atoms with Crippen LogP contribution in [0.5, 0.6) is 11.5 Å². The van der Waals surface area contributed by atoms with Crippen LogP contribution in [-0.4, -0.2) is 28.2 Å². The van der Waals surface area contributed by atoms with E-state index in [2.05, 4.69) is 237 Å². The third-order valence-corrected chi connectivity index (χ3v) is 17.5. The number of nitrogens with zero attached hydrogens (tertiary/aromatic N) is 8. The number of hydrogen-bond acceptors (Lipinski definition) is 5. The Hall–Kier alpha value is -11.5. The third kappa shape index (κ3) is 5.77. The molecule has 0 bridgehead atoms. The summed E-state index contributed by atoms with van der Waals surface area (Å²) in [6.45, 7) is 0. The normalized spacial score (nSPS) is 13.0. The molecule has 9 nitrogen and oxygen atoms in total. The first-order valence-corrected chi connectivity index (χ1v) is 27.4. The van der Waals surface area contributed by atoms with Crippen LogP contribution in [0.4, 0.5) is 0 Å². The number of fused-ring (bicyclic) bond motifs is 21. The van der Waals surface area contributed by atoms with E-state index in [1.807, 2.05) is 36.7 Å². The summed E-state index contributed by atoms with van der Waals surface area (Å²) in [5.41, 5.74) is 17.5. The Morgan fingerprint density at radius 3 is 0.976 bits per heavy atom. The van der Waals surface area contributed by atoms with Gasteiger partial charge in [-0.05, 0) is 97.1 Å². The third-order valence-electron chi connectivity index (χ3n) is 17.5. The van der Waals surface area contributed by atoms with Crippen molar-refractivity contribution in [3.8, 4) is 57.8 Å². The summed E-state index contributed by atoms with van der Waals surface area (Å²) in [7, 11) is 0. The van der Waals surface area contributed by atoms with Gasteiger partial charge in [0.1, 0.15) is 11.5 Å². The van der Waals surface area contributed by atoms with Crippen LogP contribution in [0, 0.1) is 22.7 Å². The minimum atomic E-state index is -1.06. The minimum Gasteiger partial charge on any atom is -0.457 e. The maximum Gasteiger partial charge on any atom is 0.134 e. The zero-order valence-electron chi connectivity index (χ0n) is 43.6. The van der Waals surface area contributed by atoms with E-state index in [9.17, 15) is 10.5 Å². The summed E-state index contributed by atoms with van der Waals surface area (Å²) < 4.78 is 16.8. The van der Waals surface area contributed by atoms with Crippen molar-refractivity contribution in [2.24, 2.45) is 0 Å². The molecule has 0 unspecified atom stereocenters. The van der Waals surface area contributed by atoms with Gasteiger partial charge in [0.25, 0.3) is 0 Å². The largest absolute Gasteiger partial charge is 0.457 e. The molecule has 82 heavy (non-hydrogen) atoms. The second-order valence-electron chi connectivity index (χ2n) is 21.5.